The van der Waals surface area contributed by atoms with Crippen molar-refractivity contribution in [2.24, 2.45) is 0 Å². The first kappa shape index (κ1) is 43.9. The molecule has 0 heterocycles. The van der Waals surface area contributed by atoms with Crippen LogP contribution in [-0.4, -0.2) is 31.9 Å². The molecule has 270 valence electrons. The van der Waals surface area contributed by atoms with Crippen molar-refractivity contribution in [2.45, 2.75) is 86.0 Å². The molecule has 0 saturated carbocycles. The monoisotopic (exact) mass is 848 g/mol. The Kier molecular flexibility index (Phi) is 18.4. The molecule has 0 amide bonds. The second kappa shape index (κ2) is 21.3. The van der Waals surface area contributed by atoms with Gasteiger partial charge in [-0.2, -0.15) is 12.1 Å². The van der Waals surface area contributed by atoms with Crippen molar-refractivity contribution >= 4 is 25.3 Å². The quantitative estimate of drug-likeness (QED) is 0.136. The van der Waals surface area contributed by atoms with Gasteiger partial charge in [0.15, 0.2) is 0 Å². The third kappa shape index (κ3) is 13.0. The number of nitrogens with one attached hydrogen (secondary N) is 2. The summed E-state index contributed by atoms with van der Waals surface area (Å²) in [4.78, 5) is 0. The van der Waals surface area contributed by atoms with Gasteiger partial charge in [-0.25, -0.2) is 0 Å². The Bertz CT molecular complexity index is 1730. The maximum atomic E-state index is 2.75. The van der Waals surface area contributed by atoms with Crippen LogP contribution in [0.5, 0.6) is 0 Å². The molecule has 0 saturated heterocycles. The molecule has 0 aromatic heterocycles. The van der Waals surface area contributed by atoms with Crippen molar-refractivity contribution in [3.63, 3.8) is 0 Å². The SMILES string of the molecule is CCc1cc2c(-c3ccc(C(C)(C)C)cc3)cccc2[cH-]1.CCc1cc2c(-c3ccc(C(C)(C)C)cc3)cccc2[cH-]1.CNC.CNC.C[CH]=[Hf+2]. The third-order valence-electron chi connectivity index (χ3n) is 8.56. The van der Waals surface area contributed by atoms with Crippen LogP contribution in [0, 0.1) is 0 Å². The molecular formula is C48H64HfN2. The van der Waals surface area contributed by atoms with Crippen LogP contribution in [0.3, 0.4) is 0 Å². The maximum absolute atomic E-state index is 2.75. The predicted molar refractivity (Wildman–Crippen MR) is 228 cm³/mol. The van der Waals surface area contributed by atoms with E-state index in [0.717, 1.165) is 12.8 Å². The topological polar surface area (TPSA) is 24.1 Å². The van der Waals surface area contributed by atoms with Gasteiger partial charge in [0, 0.05) is 0 Å². The molecule has 0 fully saturated rings. The summed E-state index contributed by atoms with van der Waals surface area (Å²) in [6, 6.07) is 40.6. The molecule has 0 radical (unpaired) electrons. The van der Waals surface area contributed by atoms with Gasteiger partial charge in [0.25, 0.3) is 0 Å². The normalized spacial score (nSPS) is 10.9. The number of rotatable bonds is 4. The van der Waals surface area contributed by atoms with Crippen LogP contribution in [0.4, 0.5) is 0 Å². The minimum absolute atomic E-state index is 0.209. The summed E-state index contributed by atoms with van der Waals surface area (Å²) in [6.07, 6.45) is 2.19. The Labute approximate surface area is 325 Å². The standard InChI is InChI=1S/2C21H23.2C2H7N.C2H4.Hf/c2*1-5-15-13-17-7-6-8-19(20(17)14-15)16-9-11-18(12-10-16)21(2,3)4;2*1-3-2;1-2;/h2*6-14H,5H2,1-4H3;2*3H,1-2H3;1H,2H3;/q2*-1;;;;+2. The van der Waals surface area contributed by atoms with Crippen LogP contribution in [0.2, 0.25) is 0 Å². The second-order valence-corrected chi connectivity index (χ2v) is 17.1. The second-order valence-electron chi connectivity index (χ2n) is 15.0. The van der Waals surface area contributed by atoms with Gasteiger partial charge in [-0.1, -0.05) is 127 Å². The minimum atomic E-state index is 0.209. The molecule has 0 unspecified atom stereocenters. The van der Waals surface area contributed by atoms with Crippen molar-refractivity contribution in [3.8, 4) is 22.3 Å². The summed E-state index contributed by atoms with van der Waals surface area (Å²) >= 11 is 1.24. The van der Waals surface area contributed by atoms with Gasteiger partial charge in [0.2, 0.25) is 0 Å². The van der Waals surface area contributed by atoms with Crippen molar-refractivity contribution in [3.05, 3.63) is 131 Å². The third-order valence-corrected chi connectivity index (χ3v) is 8.56. The predicted octanol–water partition coefficient (Wildman–Crippen LogP) is 12.2. The first-order valence-electron chi connectivity index (χ1n) is 18.4. The van der Waals surface area contributed by atoms with Gasteiger partial charge >= 0.3 is 34.6 Å². The van der Waals surface area contributed by atoms with E-state index < -0.39 is 0 Å². The van der Waals surface area contributed by atoms with Gasteiger partial charge in [-0.15, -0.1) is 69.1 Å². The van der Waals surface area contributed by atoms with Gasteiger partial charge in [0.05, 0.1) is 0 Å². The zero-order chi connectivity index (χ0) is 38.2. The number of aryl methyl sites for hydroxylation is 2. The molecule has 2 N–H and O–H groups in total. The number of hydrogen-bond donors (Lipinski definition) is 2. The molecule has 0 atom stereocenters. The zero-order valence-electron chi connectivity index (χ0n) is 33.9. The Morgan fingerprint density at radius 2 is 0.843 bits per heavy atom. The van der Waals surface area contributed by atoms with Crippen molar-refractivity contribution < 1.29 is 23.9 Å². The molecule has 6 aromatic carbocycles. The fraction of sp³-hybridized carbons (Fsp3) is 0.354. The molecular weight excluding hydrogens is 783 g/mol. The average Bonchev–Trinajstić information content (AvgIpc) is 3.73. The fourth-order valence-electron chi connectivity index (χ4n) is 5.80. The molecule has 51 heavy (non-hydrogen) atoms. The van der Waals surface area contributed by atoms with Gasteiger partial charge < -0.3 is 10.6 Å². The van der Waals surface area contributed by atoms with E-state index in [1.165, 1.54) is 89.9 Å². The van der Waals surface area contributed by atoms with Crippen molar-refractivity contribution in [2.75, 3.05) is 28.2 Å². The van der Waals surface area contributed by atoms with Crippen molar-refractivity contribution in [1.82, 2.24) is 10.6 Å². The van der Waals surface area contributed by atoms with E-state index >= 15 is 0 Å². The molecule has 2 nitrogen and oxygen atoms in total. The summed E-state index contributed by atoms with van der Waals surface area (Å²) < 4.78 is 2.14. The van der Waals surface area contributed by atoms with E-state index in [-0.39, 0.29) is 10.8 Å². The van der Waals surface area contributed by atoms with E-state index in [1.807, 2.05) is 28.2 Å². The van der Waals surface area contributed by atoms with Crippen LogP contribution < -0.4 is 10.6 Å². The fourth-order valence-corrected chi connectivity index (χ4v) is 5.80. The molecule has 0 aliphatic carbocycles. The molecule has 0 bridgehead atoms. The summed E-state index contributed by atoms with van der Waals surface area (Å²) in [5.41, 5.74) is 11.3. The van der Waals surface area contributed by atoms with Crippen LogP contribution >= 0.6 is 0 Å². The van der Waals surface area contributed by atoms with Gasteiger partial charge in [-0.3, -0.25) is 0 Å². The Balaban J connectivity index is 0.000000287. The van der Waals surface area contributed by atoms with Crippen LogP contribution in [-0.2, 0) is 47.6 Å². The molecule has 6 rings (SSSR count). The average molecular weight is 848 g/mol. The van der Waals surface area contributed by atoms with E-state index in [0.29, 0.717) is 0 Å². The molecule has 0 aliphatic rings. The van der Waals surface area contributed by atoms with Crippen LogP contribution in [0.25, 0.3) is 43.8 Å². The van der Waals surface area contributed by atoms with Crippen LogP contribution in [0.15, 0.2) is 109 Å². The molecule has 6 aromatic rings. The Hall–Kier alpha value is -3.24. The van der Waals surface area contributed by atoms with Crippen molar-refractivity contribution in [1.29, 1.82) is 0 Å². The molecule has 0 spiro atoms. The Morgan fingerprint density at radius 3 is 1.10 bits per heavy atom. The van der Waals surface area contributed by atoms with E-state index in [4.69, 9.17) is 0 Å². The van der Waals surface area contributed by atoms with E-state index in [9.17, 15) is 0 Å². The first-order valence-corrected chi connectivity index (χ1v) is 20.5. The summed E-state index contributed by atoms with van der Waals surface area (Å²) in [5, 5.41) is 10.9. The summed E-state index contributed by atoms with van der Waals surface area (Å²) in [5.74, 6) is 0. The van der Waals surface area contributed by atoms with Crippen LogP contribution in [0.1, 0.15) is 84.6 Å². The zero-order valence-corrected chi connectivity index (χ0v) is 37.5. The summed E-state index contributed by atoms with van der Waals surface area (Å²) in [7, 11) is 7.50. The number of hydrogen-bond acceptors (Lipinski definition) is 2. The Morgan fingerprint density at radius 1 is 0.549 bits per heavy atom. The van der Waals surface area contributed by atoms with Gasteiger partial charge in [-0.05, 0) is 74.1 Å². The van der Waals surface area contributed by atoms with E-state index in [1.54, 1.807) is 0 Å². The number of fused-ring (bicyclic) bond motifs is 2. The van der Waals surface area contributed by atoms with E-state index in [2.05, 4.69) is 186 Å². The first-order chi connectivity index (χ1) is 24.2. The summed E-state index contributed by atoms with van der Waals surface area (Å²) in [6.45, 7) is 20.0. The van der Waals surface area contributed by atoms with Gasteiger partial charge in [0.1, 0.15) is 0 Å². The molecule has 3 heteroatoms. The number of benzene rings is 4. The molecule has 0 aliphatic heterocycles.